The predicted octanol–water partition coefficient (Wildman–Crippen LogP) is 3.95. The van der Waals surface area contributed by atoms with Gasteiger partial charge in [-0.05, 0) is 46.6 Å². The minimum Gasteiger partial charge on any atom is -0.313 e. The highest BCUT2D eigenvalue weighted by molar-refractivity contribution is 9.10. The minimum absolute atomic E-state index is 0.913. The van der Waals surface area contributed by atoms with Gasteiger partial charge in [-0.3, -0.25) is 0 Å². The summed E-state index contributed by atoms with van der Waals surface area (Å²) in [5.41, 5.74) is 3.04. The molecule has 3 nitrogen and oxygen atoms in total. The van der Waals surface area contributed by atoms with Crippen molar-refractivity contribution >= 4 is 39.0 Å². The summed E-state index contributed by atoms with van der Waals surface area (Å²) in [5, 5.41) is 11.3. The van der Waals surface area contributed by atoms with Crippen LogP contribution < -0.4 is 5.32 Å². The van der Waals surface area contributed by atoms with E-state index in [1.807, 2.05) is 0 Å². The molecule has 1 N–H and O–H groups in total. The Morgan fingerprint density at radius 2 is 2.33 bits per heavy atom. The van der Waals surface area contributed by atoms with Crippen molar-refractivity contribution in [2.75, 3.05) is 6.54 Å². The third-order valence-electron chi connectivity index (χ3n) is 2.29. The van der Waals surface area contributed by atoms with Crippen LogP contribution in [0.4, 0.5) is 0 Å². The van der Waals surface area contributed by atoms with Crippen LogP contribution in [0.3, 0.4) is 0 Å². The second kappa shape index (κ2) is 7.23. The first kappa shape index (κ1) is 14.0. The Labute approximate surface area is 124 Å². The molecule has 0 atom stereocenters. The monoisotopic (exact) mass is 343 g/mol. The highest BCUT2D eigenvalue weighted by Crippen LogP contribution is 2.34. The molecule has 6 heteroatoms. The van der Waals surface area contributed by atoms with E-state index in [1.165, 1.54) is 10.5 Å². The van der Waals surface area contributed by atoms with Crippen LogP contribution in [-0.4, -0.2) is 16.7 Å². The summed E-state index contributed by atoms with van der Waals surface area (Å²) in [7, 11) is 0. The zero-order valence-corrected chi connectivity index (χ0v) is 13.2. The number of aromatic nitrogens is 2. The van der Waals surface area contributed by atoms with Gasteiger partial charge in [-0.15, -0.1) is 10.2 Å². The second-order valence-electron chi connectivity index (χ2n) is 3.75. The zero-order chi connectivity index (χ0) is 12.8. The maximum Gasteiger partial charge on any atom is 0.178 e. The van der Waals surface area contributed by atoms with Crippen molar-refractivity contribution in [1.29, 1.82) is 0 Å². The summed E-state index contributed by atoms with van der Waals surface area (Å²) in [5.74, 6) is 0. The Morgan fingerprint density at radius 3 is 3.00 bits per heavy atom. The number of halogens is 1. The molecule has 18 heavy (non-hydrogen) atoms. The van der Waals surface area contributed by atoms with Crippen LogP contribution in [-0.2, 0) is 6.54 Å². The lowest BCUT2D eigenvalue weighted by Crippen LogP contribution is -2.13. The van der Waals surface area contributed by atoms with Gasteiger partial charge in [-0.25, -0.2) is 0 Å². The molecule has 1 aromatic carbocycles. The number of nitrogens with one attached hydrogen (secondary N) is 1. The van der Waals surface area contributed by atoms with E-state index in [1.54, 1.807) is 28.6 Å². The average molecular weight is 344 g/mol. The Bertz CT molecular complexity index is 488. The van der Waals surface area contributed by atoms with Crippen LogP contribution >= 0.6 is 39.0 Å². The van der Waals surface area contributed by atoms with Crippen LogP contribution in [0, 0.1) is 0 Å². The summed E-state index contributed by atoms with van der Waals surface area (Å²) >= 11 is 6.80. The molecule has 0 fully saturated rings. The van der Waals surface area contributed by atoms with Gasteiger partial charge in [0.1, 0.15) is 5.51 Å². The lowest BCUT2D eigenvalue weighted by Gasteiger charge is -2.06. The molecule has 0 aliphatic carbocycles. The van der Waals surface area contributed by atoms with Crippen LogP contribution in [0.2, 0.25) is 0 Å². The molecule has 2 aromatic rings. The number of rotatable bonds is 6. The van der Waals surface area contributed by atoms with Gasteiger partial charge in [0.25, 0.3) is 0 Å². The lowest BCUT2D eigenvalue weighted by molar-refractivity contribution is 0.675. The SMILES string of the molecule is CCCNCc1ccc(Sc2nncs2)c(Br)c1. The molecule has 2 rings (SSSR count). The van der Waals surface area contributed by atoms with Crippen molar-refractivity contribution in [3.63, 3.8) is 0 Å². The number of nitrogens with zero attached hydrogens (tertiary/aromatic N) is 2. The molecule has 0 spiro atoms. The van der Waals surface area contributed by atoms with Gasteiger partial charge in [0.2, 0.25) is 0 Å². The predicted molar refractivity (Wildman–Crippen MR) is 80.2 cm³/mol. The van der Waals surface area contributed by atoms with E-state index >= 15 is 0 Å². The molecule has 96 valence electrons. The fraction of sp³-hybridized carbons (Fsp3) is 0.333. The average Bonchev–Trinajstić information content (AvgIpc) is 2.86. The van der Waals surface area contributed by atoms with Gasteiger partial charge in [0.05, 0.1) is 0 Å². The van der Waals surface area contributed by atoms with Gasteiger partial charge >= 0.3 is 0 Å². The molecule has 0 bridgehead atoms. The zero-order valence-electron chi connectivity index (χ0n) is 10.0. The lowest BCUT2D eigenvalue weighted by atomic mass is 10.2. The summed E-state index contributed by atoms with van der Waals surface area (Å²) < 4.78 is 2.08. The summed E-state index contributed by atoms with van der Waals surface area (Å²) in [4.78, 5) is 1.17. The Balaban J connectivity index is 2.01. The van der Waals surface area contributed by atoms with Gasteiger partial charge in [0, 0.05) is 15.9 Å². The molecule has 0 aliphatic rings. The van der Waals surface area contributed by atoms with E-state index in [0.29, 0.717) is 0 Å². The summed E-state index contributed by atoms with van der Waals surface area (Å²) in [6, 6.07) is 6.43. The summed E-state index contributed by atoms with van der Waals surface area (Å²) in [6.45, 7) is 4.14. The van der Waals surface area contributed by atoms with E-state index in [-0.39, 0.29) is 0 Å². The largest absolute Gasteiger partial charge is 0.313 e. The Kier molecular flexibility index (Phi) is 5.62. The molecular formula is C12H14BrN3S2. The van der Waals surface area contributed by atoms with E-state index in [0.717, 1.165) is 28.3 Å². The summed E-state index contributed by atoms with van der Waals surface area (Å²) in [6.07, 6.45) is 1.16. The van der Waals surface area contributed by atoms with Gasteiger partial charge in [-0.1, -0.05) is 36.1 Å². The molecule has 1 aromatic heterocycles. The molecular weight excluding hydrogens is 330 g/mol. The molecule has 0 amide bonds. The Hall–Kier alpha value is -0.430. The number of hydrogen-bond donors (Lipinski definition) is 1. The van der Waals surface area contributed by atoms with Crippen LogP contribution in [0.5, 0.6) is 0 Å². The molecule has 0 saturated heterocycles. The number of benzene rings is 1. The normalized spacial score (nSPS) is 10.8. The van der Waals surface area contributed by atoms with Gasteiger partial charge < -0.3 is 5.32 Å². The highest BCUT2D eigenvalue weighted by Gasteiger charge is 2.06. The van der Waals surface area contributed by atoms with Gasteiger partial charge in [0.15, 0.2) is 4.34 Å². The van der Waals surface area contributed by atoms with Crippen LogP contribution in [0.1, 0.15) is 18.9 Å². The van der Waals surface area contributed by atoms with Crippen LogP contribution in [0.25, 0.3) is 0 Å². The van der Waals surface area contributed by atoms with Crippen molar-refractivity contribution in [2.45, 2.75) is 29.1 Å². The standard InChI is InChI=1S/C12H14BrN3S2/c1-2-5-14-7-9-3-4-11(10(13)6-9)18-12-16-15-8-17-12/h3-4,6,8,14H,2,5,7H2,1H3. The first-order valence-electron chi connectivity index (χ1n) is 5.72. The van der Waals surface area contributed by atoms with E-state index < -0.39 is 0 Å². The van der Waals surface area contributed by atoms with Crippen molar-refractivity contribution in [2.24, 2.45) is 0 Å². The minimum atomic E-state index is 0.913. The van der Waals surface area contributed by atoms with Crippen molar-refractivity contribution < 1.29 is 0 Å². The van der Waals surface area contributed by atoms with E-state index in [2.05, 4.69) is 56.6 Å². The smallest absolute Gasteiger partial charge is 0.178 e. The quantitative estimate of drug-likeness (QED) is 0.805. The molecule has 0 unspecified atom stereocenters. The van der Waals surface area contributed by atoms with E-state index in [4.69, 9.17) is 0 Å². The second-order valence-corrected chi connectivity index (χ2v) is 6.72. The topological polar surface area (TPSA) is 37.8 Å². The van der Waals surface area contributed by atoms with Crippen molar-refractivity contribution in [3.05, 3.63) is 33.7 Å². The molecule has 1 heterocycles. The maximum absolute atomic E-state index is 4.03. The third kappa shape index (κ3) is 4.05. The Morgan fingerprint density at radius 1 is 1.44 bits per heavy atom. The fourth-order valence-electron chi connectivity index (χ4n) is 1.45. The van der Waals surface area contributed by atoms with Crippen LogP contribution in [0.15, 0.2) is 37.4 Å². The van der Waals surface area contributed by atoms with Crippen molar-refractivity contribution in [3.8, 4) is 0 Å². The van der Waals surface area contributed by atoms with E-state index in [9.17, 15) is 0 Å². The highest BCUT2D eigenvalue weighted by atomic mass is 79.9. The van der Waals surface area contributed by atoms with Crippen molar-refractivity contribution in [1.82, 2.24) is 15.5 Å². The first-order valence-corrected chi connectivity index (χ1v) is 8.21. The molecule has 0 aliphatic heterocycles. The molecule has 0 radical (unpaired) electrons. The fourth-order valence-corrected chi connectivity index (χ4v) is 3.56. The maximum atomic E-state index is 4.03. The number of hydrogen-bond acceptors (Lipinski definition) is 5. The van der Waals surface area contributed by atoms with Gasteiger partial charge in [-0.2, -0.15) is 0 Å². The molecule has 0 saturated carbocycles. The third-order valence-corrected chi connectivity index (χ3v) is 5.06. The first-order chi connectivity index (χ1) is 8.79.